The number of rotatable bonds is 6. The van der Waals surface area contributed by atoms with Crippen LogP contribution in [-0.2, 0) is 0 Å². The number of benzene rings is 1. The van der Waals surface area contributed by atoms with Crippen molar-refractivity contribution in [2.45, 2.75) is 26.9 Å². The first-order valence-corrected chi connectivity index (χ1v) is 6.27. The van der Waals surface area contributed by atoms with Crippen LogP contribution in [0.2, 0.25) is 0 Å². The zero-order valence-electron chi connectivity index (χ0n) is 11.0. The quantitative estimate of drug-likeness (QED) is 0.710. The fourth-order valence-corrected chi connectivity index (χ4v) is 1.85. The number of anilines is 1. The fourth-order valence-electron chi connectivity index (χ4n) is 1.85. The topological polar surface area (TPSA) is 58.3 Å². The van der Waals surface area contributed by atoms with E-state index in [0.717, 1.165) is 17.8 Å². The normalized spacial score (nSPS) is 14.7. The van der Waals surface area contributed by atoms with Gasteiger partial charge < -0.3 is 16.2 Å². The van der Waals surface area contributed by atoms with Crippen LogP contribution in [0.15, 0.2) is 24.3 Å². The number of hydrogen-bond acceptors (Lipinski definition) is 3. The molecular weight excluding hydrogens is 212 g/mol. The van der Waals surface area contributed by atoms with Crippen molar-refractivity contribution in [2.75, 3.05) is 18.4 Å². The van der Waals surface area contributed by atoms with Crippen molar-refractivity contribution in [1.29, 1.82) is 0 Å². The van der Waals surface area contributed by atoms with Gasteiger partial charge in [-0.25, -0.2) is 0 Å². The van der Waals surface area contributed by atoms with Gasteiger partial charge in [0.25, 0.3) is 0 Å². The van der Waals surface area contributed by atoms with Crippen LogP contribution < -0.4 is 11.1 Å². The molecule has 1 rings (SSSR count). The maximum Gasteiger partial charge on any atom is 0.0781 e. The summed E-state index contributed by atoms with van der Waals surface area (Å²) in [5, 5.41) is 13.1. The fraction of sp³-hybridized carbons (Fsp3) is 0.571. The van der Waals surface area contributed by atoms with Crippen molar-refractivity contribution in [3.05, 3.63) is 29.8 Å². The molecule has 0 bridgehead atoms. The van der Waals surface area contributed by atoms with E-state index >= 15 is 0 Å². The van der Waals surface area contributed by atoms with Gasteiger partial charge in [0, 0.05) is 17.8 Å². The minimum Gasteiger partial charge on any atom is -0.389 e. The predicted octanol–water partition coefficient (Wildman–Crippen LogP) is 2.38. The highest BCUT2D eigenvalue weighted by Gasteiger charge is 2.12. The third kappa shape index (κ3) is 4.02. The van der Waals surface area contributed by atoms with Crippen molar-refractivity contribution in [3.8, 4) is 0 Å². The molecule has 2 atom stereocenters. The Morgan fingerprint density at radius 3 is 2.41 bits per heavy atom. The van der Waals surface area contributed by atoms with Crippen molar-refractivity contribution in [1.82, 2.24) is 0 Å². The van der Waals surface area contributed by atoms with Crippen LogP contribution in [-0.4, -0.2) is 18.2 Å². The second-order valence-electron chi connectivity index (χ2n) is 4.88. The lowest BCUT2D eigenvalue weighted by Gasteiger charge is -2.21. The van der Waals surface area contributed by atoms with Crippen LogP contribution in [0.1, 0.15) is 32.4 Å². The third-order valence-electron chi connectivity index (χ3n) is 3.21. The van der Waals surface area contributed by atoms with E-state index in [1.54, 1.807) is 6.92 Å². The maximum absolute atomic E-state index is 9.67. The van der Waals surface area contributed by atoms with E-state index < -0.39 is 6.10 Å². The molecule has 0 radical (unpaired) electrons. The zero-order valence-corrected chi connectivity index (χ0v) is 11.0. The van der Waals surface area contributed by atoms with Gasteiger partial charge in [-0.15, -0.1) is 0 Å². The summed E-state index contributed by atoms with van der Waals surface area (Å²) in [6.07, 6.45) is -0.450. The Balaban J connectivity index is 2.68. The number of nitrogens with two attached hydrogens (primary N) is 1. The van der Waals surface area contributed by atoms with Crippen LogP contribution in [0.25, 0.3) is 0 Å². The number of para-hydroxylation sites is 1. The predicted molar refractivity (Wildman–Crippen MR) is 72.9 cm³/mol. The Labute approximate surface area is 104 Å². The lowest BCUT2D eigenvalue weighted by atomic mass is 9.95. The van der Waals surface area contributed by atoms with Gasteiger partial charge in [-0.05, 0) is 31.4 Å². The number of hydrogen-bond donors (Lipinski definition) is 3. The SMILES string of the molecule is CC(O)c1ccccc1NCC(CN)C(C)C. The molecule has 0 fully saturated rings. The second kappa shape index (κ2) is 6.62. The van der Waals surface area contributed by atoms with Gasteiger partial charge in [0.2, 0.25) is 0 Å². The molecule has 2 unspecified atom stereocenters. The lowest BCUT2D eigenvalue weighted by Crippen LogP contribution is -2.27. The molecule has 3 heteroatoms. The molecule has 96 valence electrons. The molecule has 4 N–H and O–H groups in total. The summed E-state index contributed by atoms with van der Waals surface area (Å²) in [5.74, 6) is 1.02. The first kappa shape index (κ1) is 14.0. The molecule has 0 aliphatic carbocycles. The first-order chi connectivity index (χ1) is 8.06. The summed E-state index contributed by atoms with van der Waals surface area (Å²) in [4.78, 5) is 0. The molecule has 0 amide bonds. The lowest BCUT2D eigenvalue weighted by molar-refractivity contribution is 0.200. The van der Waals surface area contributed by atoms with Crippen LogP contribution in [0.4, 0.5) is 5.69 Å². The zero-order chi connectivity index (χ0) is 12.8. The highest BCUT2D eigenvalue weighted by atomic mass is 16.3. The maximum atomic E-state index is 9.67. The molecule has 3 nitrogen and oxygen atoms in total. The van der Waals surface area contributed by atoms with Crippen LogP contribution >= 0.6 is 0 Å². The van der Waals surface area contributed by atoms with Crippen LogP contribution in [0, 0.1) is 11.8 Å². The van der Waals surface area contributed by atoms with Crippen molar-refractivity contribution in [2.24, 2.45) is 17.6 Å². The molecule has 0 aliphatic rings. The summed E-state index contributed by atoms with van der Waals surface area (Å²) in [6, 6.07) is 7.85. The molecule has 0 aliphatic heterocycles. The summed E-state index contributed by atoms with van der Waals surface area (Å²) >= 11 is 0. The largest absolute Gasteiger partial charge is 0.389 e. The smallest absolute Gasteiger partial charge is 0.0781 e. The number of aliphatic hydroxyl groups excluding tert-OH is 1. The van der Waals surface area contributed by atoms with E-state index in [4.69, 9.17) is 5.73 Å². The number of aliphatic hydroxyl groups is 1. The monoisotopic (exact) mass is 236 g/mol. The minimum absolute atomic E-state index is 0.450. The Morgan fingerprint density at radius 2 is 1.88 bits per heavy atom. The average Bonchev–Trinajstić information content (AvgIpc) is 2.29. The van der Waals surface area contributed by atoms with Crippen LogP contribution in [0.5, 0.6) is 0 Å². The first-order valence-electron chi connectivity index (χ1n) is 6.27. The average molecular weight is 236 g/mol. The van der Waals surface area contributed by atoms with Gasteiger partial charge in [-0.3, -0.25) is 0 Å². The van der Waals surface area contributed by atoms with Crippen molar-refractivity contribution >= 4 is 5.69 Å². The molecular formula is C14H24N2O. The van der Waals surface area contributed by atoms with Gasteiger partial charge in [-0.1, -0.05) is 32.0 Å². The standard InChI is InChI=1S/C14H24N2O/c1-10(2)12(8-15)9-16-14-7-5-4-6-13(14)11(3)17/h4-7,10-12,16-17H,8-9,15H2,1-3H3. The van der Waals surface area contributed by atoms with Gasteiger partial charge in [0.15, 0.2) is 0 Å². The van der Waals surface area contributed by atoms with Gasteiger partial charge in [0.1, 0.15) is 0 Å². The second-order valence-corrected chi connectivity index (χ2v) is 4.88. The molecule has 17 heavy (non-hydrogen) atoms. The molecule has 0 spiro atoms. The van der Waals surface area contributed by atoms with E-state index in [0.29, 0.717) is 18.4 Å². The highest BCUT2D eigenvalue weighted by Crippen LogP contribution is 2.22. The summed E-state index contributed by atoms with van der Waals surface area (Å²) < 4.78 is 0. The van der Waals surface area contributed by atoms with E-state index in [1.807, 2.05) is 24.3 Å². The molecule has 0 heterocycles. The molecule has 1 aromatic carbocycles. The Hall–Kier alpha value is -1.06. The Morgan fingerprint density at radius 1 is 1.24 bits per heavy atom. The van der Waals surface area contributed by atoms with E-state index in [-0.39, 0.29) is 0 Å². The molecule has 0 saturated heterocycles. The van der Waals surface area contributed by atoms with Crippen molar-refractivity contribution in [3.63, 3.8) is 0 Å². The highest BCUT2D eigenvalue weighted by molar-refractivity contribution is 5.52. The Kier molecular flexibility index (Phi) is 5.45. The summed E-state index contributed by atoms with van der Waals surface area (Å²) in [5.41, 5.74) is 7.68. The van der Waals surface area contributed by atoms with Crippen LogP contribution in [0.3, 0.4) is 0 Å². The molecule has 0 aromatic heterocycles. The van der Waals surface area contributed by atoms with Crippen molar-refractivity contribution < 1.29 is 5.11 Å². The van der Waals surface area contributed by atoms with Gasteiger partial charge in [-0.2, -0.15) is 0 Å². The summed E-state index contributed by atoms with van der Waals surface area (Å²) in [7, 11) is 0. The molecule has 0 saturated carbocycles. The van der Waals surface area contributed by atoms with Gasteiger partial charge >= 0.3 is 0 Å². The summed E-state index contributed by atoms with van der Waals surface area (Å²) in [6.45, 7) is 7.67. The molecule has 1 aromatic rings. The Bertz CT molecular complexity index is 337. The van der Waals surface area contributed by atoms with E-state index in [2.05, 4.69) is 19.2 Å². The minimum atomic E-state index is -0.450. The van der Waals surface area contributed by atoms with E-state index in [9.17, 15) is 5.11 Å². The van der Waals surface area contributed by atoms with E-state index in [1.165, 1.54) is 0 Å². The third-order valence-corrected chi connectivity index (χ3v) is 3.21. The van der Waals surface area contributed by atoms with Gasteiger partial charge in [0.05, 0.1) is 6.10 Å². The number of nitrogens with one attached hydrogen (secondary N) is 1.